The third-order valence-electron chi connectivity index (χ3n) is 4.96. The number of fused-ring (bicyclic) bond motifs is 1. The highest BCUT2D eigenvalue weighted by Crippen LogP contribution is 2.33. The lowest BCUT2D eigenvalue weighted by atomic mass is 10.1. The van der Waals surface area contributed by atoms with Crippen molar-refractivity contribution in [2.75, 3.05) is 37.4 Å². The van der Waals surface area contributed by atoms with E-state index in [0.717, 1.165) is 59.8 Å². The summed E-state index contributed by atoms with van der Waals surface area (Å²) < 4.78 is 5.42. The number of hydrogen-bond acceptors (Lipinski definition) is 4. The third kappa shape index (κ3) is 5.11. The number of para-hydroxylation sites is 1. The van der Waals surface area contributed by atoms with Gasteiger partial charge in [0.05, 0.1) is 19.0 Å². The number of anilines is 1. The van der Waals surface area contributed by atoms with Crippen molar-refractivity contribution in [1.29, 1.82) is 0 Å². The monoisotopic (exact) mass is 426 g/mol. The molecule has 0 aromatic heterocycles. The first-order valence-corrected chi connectivity index (χ1v) is 11.0. The van der Waals surface area contributed by atoms with Gasteiger partial charge >= 0.3 is 0 Å². The Labute approximate surface area is 180 Å². The molecule has 4 rings (SSSR count). The molecule has 150 valence electrons. The third-order valence-corrected chi connectivity index (χ3v) is 6.34. The number of carbonyl (C=O) groups excluding carboxylic acids is 1. The van der Waals surface area contributed by atoms with Gasteiger partial charge in [0.2, 0.25) is 5.91 Å². The van der Waals surface area contributed by atoms with Crippen molar-refractivity contribution in [3.63, 3.8) is 0 Å². The van der Waals surface area contributed by atoms with Crippen LogP contribution in [0.5, 0.6) is 0 Å². The van der Waals surface area contributed by atoms with E-state index in [1.54, 1.807) is 0 Å². The van der Waals surface area contributed by atoms with Gasteiger partial charge < -0.3 is 10.1 Å². The van der Waals surface area contributed by atoms with Gasteiger partial charge in [-0.15, -0.1) is 11.8 Å². The minimum Gasteiger partial charge on any atom is -0.379 e. The topological polar surface area (TPSA) is 41.6 Å². The number of nitrogens with zero attached hydrogens (tertiary/aromatic N) is 1. The summed E-state index contributed by atoms with van der Waals surface area (Å²) in [4.78, 5) is 16.0. The summed E-state index contributed by atoms with van der Waals surface area (Å²) in [5.41, 5.74) is 2.00. The molecule has 0 atom stereocenters. The number of amides is 1. The maximum atomic E-state index is 12.7. The molecule has 0 radical (unpaired) electrons. The van der Waals surface area contributed by atoms with Crippen molar-refractivity contribution in [3.05, 3.63) is 71.2 Å². The number of rotatable bonds is 6. The van der Waals surface area contributed by atoms with E-state index < -0.39 is 0 Å². The Balaban J connectivity index is 1.42. The Bertz CT molecular complexity index is 1000. The number of hydrogen-bond donors (Lipinski definition) is 1. The van der Waals surface area contributed by atoms with Gasteiger partial charge in [0, 0.05) is 40.6 Å². The molecule has 6 heteroatoms. The summed E-state index contributed by atoms with van der Waals surface area (Å²) in [7, 11) is 0. The van der Waals surface area contributed by atoms with Crippen molar-refractivity contribution in [3.8, 4) is 0 Å². The van der Waals surface area contributed by atoms with Crippen molar-refractivity contribution < 1.29 is 9.53 Å². The van der Waals surface area contributed by atoms with Crippen LogP contribution in [0.15, 0.2) is 65.6 Å². The normalized spacial score (nSPS) is 14.8. The Morgan fingerprint density at radius 1 is 1.03 bits per heavy atom. The highest BCUT2D eigenvalue weighted by Gasteiger charge is 2.14. The molecule has 0 bridgehead atoms. The standard InChI is InChI=1S/C23H23ClN2O2S/c24-19-8-3-6-17-7-4-10-21(23(17)19)29-16-22(27)25-20-9-2-1-5-18(20)15-26-11-13-28-14-12-26/h1-10H,11-16H2,(H,25,27). The van der Waals surface area contributed by atoms with E-state index in [0.29, 0.717) is 10.8 Å². The minimum absolute atomic E-state index is 0.0199. The minimum atomic E-state index is -0.0199. The lowest BCUT2D eigenvalue weighted by Crippen LogP contribution is -2.35. The molecule has 1 heterocycles. The van der Waals surface area contributed by atoms with Gasteiger partial charge in [-0.2, -0.15) is 0 Å². The van der Waals surface area contributed by atoms with E-state index in [1.165, 1.54) is 11.8 Å². The predicted octanol–water partition coefficient (Wildman–Crippen LogP) is 5.06. The van der Waals surface area contributed by atoms with E-state index in [4.69, 9.17) is 16.3 Å². The van der Waals surface area contributed by atoms with Crippen LogP contribution >= 0.6 is 23.4 Å². The molecule has 0 saturated carbocycles. The van der Waals surface area contributed by atoms with E-state index in [1.807, 2.05) is 54.6 Å². The molecule has 1 aliphatic rings. The van der Waals surface area contributed by atoms with Crippen LogP contribution in [0.3, 0.4) is 0 Å². The number of ether oxygens (including phenoxy) is 1. The fraction of sp³-hybridized carbons (Fsp3) is 0.261. The van der Waals surface area contributed by atoms with Gasteiger partial charge in [-0.05, 0) is 29.1 Å². The van der Waals surface area contributed by atoms with Crippen molar-refractivity contribution in [2.45, 2.75) is 11.4 Å². The zero-order valence-electron chi connectivity index (χ0n) is 16.1. The van der Waals surface area contributed by atoms with E-state index in [2.05, 4.69) is 16.3 Å². The number of carbonyl (C=O) groups is 1. The van der Waals surface area contributed by atoms with Gasteiger partial charge in [0.15, 0.2) is 0 Å². The number of halogens is 1. The summed E-state index contributed by atoms with van der Waals surface area (Å²) in [6, 6.07) is 19.9. The molecular weight excluding hydrogens is 404 g/mol. The Hall–Kier alpha value is -2.05. The number of benzene rings is 3. The van der Waals surface area contributed by atoms with Crippen molar-refractivity contribution in [1.82, 2.24) is 4.90 Å². The van der Waals surface area contributed by atoms with Crippen LogP contribution in [-0.2, 0) is 16.1 Å². The van der Waals surface area contributed by atoms with Crippen LogP contribution in [-0.4, -0.2) is 42.9 Å². The largest absolute Gasteiger partial charge is 0.379 e. The predicted molar refractivity (Wildman–Crippen MR) is 121 cm³/mol. The first kappa shape index (κ1) is 20.2. The molecule has 3 aromatic rings. The molecule has 1 saturated heterocycles. The summed E-state index contributed by atoms with van der Waals surface area (Å²) in [6.45, 7) is 4.17. The van der Waals surface area contributed by atoms with Gasteiger partial charge in [0.1, 0.15) is 0 Å². The SMILES string of the molecule is O=C(CSc1cccc2cccc(Cl)c12)Nc1ccccc1CN1CCOCC1. The van der Waals surface area contributed by atoms with E-state index in [9.17, 15) is 4.79 Å². The van der Waals surface area contributed by atoms with Crippen LogP contribution in [0.2, 0.25) is 5.02 Å². The van der Waals surface area contributed by atoms with Crippen LogP contribution in [0.1, 0.15) is 5.56 Å². The van der Waals surface area contributed by atoms with Crippen LogP contribution in [0.4, 0.5) is 5.69 Å². The highest BCUT2D eigenvalue weighted by molar-refractivity contribution is 8.00. The molecule has 0 aliphatic carbocycles. The molecular formula is C23H23ClN2O2S. The van der Waals surface area contributed by atoms with Crippen LogP contribution in [0.25, 0.3) is 10.8 Å². The van der Waals surface area contributed by atoms with Gasteiger partial charge in [0.25, 0.3) is 0 Å². The number of thioether (sulfide) groups is 1. The van der Waals surface area contributed by atoms with E-state index in [-0.39, 0.29) is 5.91 Å². The van der Waals surface area contributed by atoms with Crippen molar-refractivity contribution in [2.24, 2.45) is 0 Å². The summed E-state index contributed by atoms with van der Waals surface area (Å²) >= 11 is 7.90. The molecule has 1 fully saturated rings. The number of morpholine rings is 1. The first-order chi connectivity index (χ1) is 14.2. The fourth-order valence-electron chi connectivity index (χ4n) is 3.49. The second-order valence-corrected chi connectivity index (χ2v) is 8.40. The highest BCUT2D eigenvalue weighted by atomic mass is 35.5. The Kier molecular flexibility index (Phi) is 6.72. The molecule has 3 aromatic carbocycles. The van der Waals surface area contributed by atoms with Crippen LogP contribution < -0.4 is 5.32 Å². The summed E-state index contributed by atoms with van der Waals surface area (Å²) in [5, 5.41) is 5.88. The zero-order valence-corrected chi connectivity index (χ0v) is 17.6. The quantitative estimate of drug-likeness (QED) is 0.559. The molecule has 0 spiro atoms. The average molecular weight is 427 g/mol. The fourth-order valence-corrected chi connectivity index (χ4v) is 4.74. The average Bonchev–Trinajstić information content (AvgIpc) is 2.74. The molecule has 1 N–H and O–H groups in total. The lowest BCUT2D eigenvalue weighted by Gasteiger charge is -2.27. The van der Waals surface area contributed by atoms with E-state index >= 15 is 0 Å². The number of nitrogens with one attached hydrogen (secondary N) is 1. The maximum Gasteiger partial charge on any atom is 0.234 e. The smallest absolute Gasteiger partial charge is 0.234 e. The Morgan fingerprint density at radius 2 is 1.79 bits per heavy atom. The van der Waals surface area contributed by atoms with Gasteiger partial charge in [-0.1, -0.05) is 54.1 Å². The second-order valence-electron chi connectivity index (χ2n) is 6.98. The molecule has 0 unspecified atom stereocenters. The van der Waals surface area contributed by atoms with Crippen LogP contribution in [0, 0.1) is 0 Å². The van der Waals surface area contributed by atoms with Gasteiger partial charge in [-0.25, -0.2) is 0 Å². The van der Waals surface area contributed by atoms with Crippen molar-refractivity contribution >= 4 is 45.7 Å². The summed E-state index contributed by atoms with van der Waals surface area (Å²) in [5.74, 6) is 0.310. The lowest BCUT2D eigenvalue weighted by molar-refractivity contribution is -0.113. The van der Waals surface area contributed by atoms with Gasteiger partial charge in [-0.3, -0.25) is 9.69 Å². The molecule has 29 heavy (non-hydrogen) atoms. The molecule has 1 aliphatic heterocycles. The zero-order chi connectivity index (χ0) is 20.1. The maximum absolute atomic E-state index is 12.7. The first-order valence-electron chi connectivity index (χ1n) is 9.68. The Morgan fingerprint density at radius 3 is 2.62 bits per heavy atom. The molecule has 4 nitrogen and oxygen atoms in total. The summed E-state index contributed by atoms with van der Waals surface area (Å²) in [6.07, 6.45) is 0. The molecule has 1 amide bonds. The second kappa shape index (κ2) is 9.63.